The number of nitrogens with zero attached hydrogens (tertiary/aromatic N) is 3. The van der Waals surface area contributed by atoms with Gasteiger partial charge in [-0.05, 0) is 37.6 Å². The quantitative estimate of drug-likeness (QED) is 0.879. The number of urea groups is 1. The van der Waals surface area contributed by atoms with E-state index in [-0.39, 0.29) is 24.3 Å². The number of hydrogen-bond donors (Lipinski definition) is 1. The van der Waals surface area contributed by atoms with Gasteiger partial charge in [-0.2, -0.15) is 0 Å². The summed E-state index contributed by atoms with van der Waals surface area (Å²) in [5.74, 6) is -2.08. The number of carbonyl (C=O) groups is 2. The number of benzene rings is 1. The standard InChI is InChI=1S/C19H20F2N4O2/c1-12-16-6-3-8-23(16)10-11-24(12)19(27)22-15-7-9-25(18(15)26)17-13(20)4-2-5-14(17)21/h2-6,8,12,15H,7,9-11H2,1H3,(H,22,27). The predicted octanol–water partition coefficient (Wildman–Crippen LogP) is 2.66. The fraction of sp³-hybridized carbons (Fsp3) is 0.368. The van der Waals surface area contributed by atoms with Gasteiger partial charge in [-0.3, -0.25) is 4.79 Å². The van der Waals surface area contributed by atoms with Crippen LogP contribution in [0.15, 0.2) is 36.5 Å². The van der Waals surface area contributed by atoms with Gasteiger partial charge in [0.25, 0.3) is 0 Å². The van der Waals surface area contributed by atoms with E-state index in [4.69, 9.17) is 0 Å². The lowest BCUT2D eigenvalue weighted by molar-refractivity contribution is -0.118. The van der Waals surface area contributed by atoms with Gasteiger partial charge in [0.2, 0.25) is 5.91 Å². The number of carbonyl (C=O) groups excluding carboxylic acids is 2. The van der Waals surface area contributed by atoms with E-state index >= 15 is 0 Å². The Morgan fingerprint density at radius 3 is 2.59 bits per heavy atom. The van der Waals surface area contributed by atoms with Crippen LogP contribution >= 0.6 is 0 Å². The summed E-state index contributed by atoms with van der Waals surface area (Å²) in [6.45, 7) is 3.30. The first kappa shape index (κ1) is 17.5. The second-order valence-corrected chi connectivity index (χ2v) is 6.85. The first-order chi connectivity index (χ1) is 13.0. The highest BCUT2D eigenvalue weighted by molar-refractivity contribution is 6.01. The van der Waals surface area contributed by atoms with Crippen molar-refractivity contribution in [2.24, 2.45) is 0 Å². The normalized spacial score (nSPS) is 22.1. The van der Waals surface area contributed by atoms with Crippen LogP contribution in [-0.4, -0.2) is 40.5 Å². The third-order valence-electron chi connectivity index (χ3n) is 5.31. The first-order valence-corrected chi connectivity index (χ1v) is 8.95. The minimum atomic E-state index is -0.794. The number of hydrogen-bond acceptors (Lipinski definition) is 2. The van der Waals surface area contributed by atoms with Gasteiger partial charge in [-0.25, -0.2) is 13.6 Å². The topological polar surface area (TPSA) is 57.6 Å². The minimum absolute atomic E-state index is 0.120. The monoisotopic (exact) mass is 374 g/mol. The molecule has 27 heavy (non-hydrogen) atoms. The molecular formula is C19H20F2N4O2. The summed E-state index contributed by atoms with van der Waals surface area (Å²) in [5.41, 5.74) is 0.674. The summed E-state index contributed by atoms with van der Waals surface area (Å²) in [5, 5.41) is 2.73. The molecule has 0 bridgehead atoms. The molecule has 0 saturated carbocycles. The maximum Gasteiger partial charge on any atom is 0.318 e. The van der Waals surface area contributed by atoms with Crippen LogP contribution in [0.1, 0.15) is 25.1 Å². The smallest absolute Gasteiger partial charge is 0.318 e. The summed E-state index contributed by atoms with van der Waals surface area (Å²) in [4.78, 5) is 28.1. The summed E-state index contributed by atoms with van der Waals surface area (Å²) in [6.07, 6.45) is 2.28. The molecule has 2 aliphatic rings. The molecule has 2 aliphatic heterocycles. The molecule has 0 aliphatic carbocycles. The first-order valence-electron chi connectivity index (χ1n) is 8.95. The molecule has 3 amide bonds. The lowest BCUT2D eigenvalue weighted by atomic mass is 10.1. The number of halogens is 2. The van der Waals surface area contributed by atoms with Gasteiger partial charge >= 0.3 is 6.03 Å². The van der Waals surface area contributed by atoms with Gasteiger partial charge in [-0.15, -0.1) is 0 Å². The summed E-state index contributed by atoms with van der Waals surface area (Å²) >= 11 is 0. The zero-order chi connectivity index (χ0) is 19.1. The van der Waals surface area contributed by atoms with Gasteiger partial charge in [-0.1, -0.05) is 6.07 Å². The van der Waals surface area contributed by atoms with Crippen molar-refractivity contribution in [1.29, 1.82) is 0 Å². The molecule has 1 N–H and O–H groups in total. The van der Waals surface area contributed by atoms with E-state index in [0.29, 0.717) is 19.5 Å². The zero-order valence-electron chi connectivity index (χ0n) is 14.9. The molecule has 4 rings (SSSR count). The Bertz CT molecular complexity index is 877. The number of anilines is 1. The van der Waals surface area contributed by atoms with E-state index < -0.39 is 23.6 Å². The lowest BCUT2D eigenvalue weighted by Gasteiger charge is -2.35. The van der Waals surface area contributed by atoms with Crippen LogP contribution in [0, 0.1) is 11.6 Å². The average molecular weight is 374 g/mol. The SMILES string of the molecule is CC1c2cccn2CCN1C(=O)NC1CCN(c2c(F)cccc2F)C1=O. The zero-order valence-corrected chi connectivity index (χ0v) is 14.9. The fourth-order valence-corrected chi connectivity index (χ4v) is 3.87. The van der Waals surface area contributed by atoms with Crippen molar-refractivity contribution < 1.29 is 18.4 Å². The largest absolute Gasteiger partial charge is 0.348 e. The predicted molar refractivity (Wildman–Crippen MR) is 95.2 cm³/mol. The molecule has 0 radical (unpaired) electrons. The Morgan fingerprint density at radius 2 is 1.85 bits per heavy atom. The average Bonchev–Trinajstić information content (AvgIpc) is 3.24. The van der Waals surface area contributed by atoms with Crippen molar-refractivity contribution >= 4 is 17.6 Å². The third kappa shape index (κ3) is 2.94. The molecule has 1 fully saturated rings. The van der Waals surface area contributed by atoms with Crippen molar-refractivity contribution in [3.05, 3.63) is 53.9 Å². The highest BCUT2D eigenvalue weighted by Crippen LogP contribution is 2.29. The van der Waals surface area contributed by atoms with Gasteiger partial charge in [0.05, 0.1) is 6.04 Å². The van der Waals surface area contributed by atoms with Crippen LogP contribution in [0.25, 0.3) is 0 Å². The molecule has 1 aromatic heterocycles. The van der Waals surface area contributed by atoms with Crippen molar-refractivity contribution in [3.63, 3.8) is 0 Å². The minimum Gasteiger partial charge on any atom is -0.348 e. The molecule has 0 spiro atoms. The number of rotatable bonds is 2. The summed E-state index contributed by atoms with van der Waals surface area (Å²) < 4.78 is 30.1. The summed E-state index contributed by atoms with van der Waals surface area (Å²) in [6, 6.07) is 6.13. The van der Waals surface area contributed by atoms with E-state index in [1.165, 1.54) is 6.07 Å². The Hall–Kier alpha value is -2.90. The Kier molecular flexibility index (Phi) is 4.33. The van der Waals surface area contributed by atoms with Crippen LogP contribution in [-0.2, 0) is 11.3 Å². The maximum atomic E-state index is 14.0. The van der Waals surface area contributed by atoms with Crippen molar-refractivity contribution in [2.75, 3.05) is 18.0 Å². The van der Waals surface area contributed by atoms with Crippen LogP contribution in [0.3, 0.4) is 0 Å². The van der Waals surface area contributed by atoms with E-state index in [1.807, 2.05) is 25.3 Å². The molecule has 2 atom stereocenters. The molecule has 2 unspecified atom stereocenters. The van der Waals surface area contributed by atoms with E-state index in [9.17, 15) is 18.4 Å². The molecule has 1 saturated heterocycles. The van der Waals surface area contributed by atoms with Crippen molar-refractivity contribution in [3.8, 4) is 0 Å². The number of fused-ring (bicyclic) bond motifs is 1. The van der Waals surface area contributed by atoms with Gasteiger partial charge < -0.3 is 19.7 Å². The van der Waals surface area contributed by atoms with Crippen LogP contribution in [0.4, 0.5) is 19.3 Å². The lowest BCUT2D eigenvalue weighted by Crippen LogP contribution is -2.51. The molecule has 142 valence electrons. The van der Waals surface area contributed by atoms with Gasteiger partial charge in [0.1, 0.15) is 23.4 Å². The van der Waals surface area contributed by atoms with E-state index in [0.717, 1.165) is 22.7 Å². The Morgan fingerprint density at radius 1 is 1.11 bits per heavy atom. The Labute approximate surface area is 155 Å². The van der Waals surface area contributed by atoms with E-state index in [2.05, 4.69) is 9.88 Å². The maximum absolute atomic E-state index is 14.0. The van der Waals surface area contributed by atoms with Crippen LogP contribution in [0.5, 0.6) is 0 Å². The fourth-order valence-electron chi connectivity index (χ4n) is 3.87. The molecule has 3 heterocycles. The van der Waals surface area contributed by atoms with Crippen LogP contribution < -0.4 is 10.2 Å². The Balaban J connectivity index is 1.47. The third-order valence-corrected chi connectivity index (χ3v) is 5.31. The van der Waals surface area contributed by atoms with Gasteiger partial charge in [0.15, 0.2) is 0 Å². The van der Waals surface area contributed by atoms with Crippen molar-refractivity contribution in [2.45, 2.75) is 32.0 Å². The van der Waals surface area contributed by atoms with Gasteiger partial charge in [0, 0.05) is 31.5 Å². The van der Waals surface area contributed by atoms with E-state index in [1.54, 1.807) is 4.90 Å². The highest BCUT2D eigenvalue weighted by Gasteiger charge is 2.38. The summed E-state index contributed by atoms with van der Waals surface area (Å²) in [7, 11) is 0. The number of nitrogens with one attached hydrogen (secondary N) is 1. The number of para-hydroxylation sites is 1. The molecule has 8 heteroatoms. The molecule has 1 aromatic carbocycles. The number of amides is 3. The highest BCUT2D eigenvalue weighted by atomic mass is 19.1. The molecule has 2 aromatic rings. The second kappa shape index (κ2) is 6.68. The van der Waals surface area contributed by atoms with Crippen LogP contribution in [0.2, 0.25) is 0 Å². The molecule has 6 nitrogen and oxygen atoms in total. The van der Waals surface area contributed by atoms with Crippen molar-refractivity contribution in [1.82, 2.24) is 14.8 Å². The second-order valence-electron chi connectivity index (χ2n) is 6.85. The number of aromatic nitrogens is 1. The molecular weight excluding hydrogens is 354 g/mol.